The Morgan fingerprint density at radius 2 is 1.39 bits per heavy atom. The van der Waals surface area contributed by atoms with Crippen LogP contribution in [-0.2, 0) is 26.6 Å². The summed E-state index contributed by atoms with van der Waals surface area (Å²) >= 11 is 0. The molecule has 0 spiro atoms. The molecule has 0 bridgehead atoms. The molecule has 31 heavy (non-hydrogen) atoms. The van der Waals surface area contributed by atoms with Crippen molar-refractivity contribution in [1.29, 1.82) is 0 Å². The average molecular weight is 419 g/mol. The van der Waals surface area contributed by atoms with Crippen molar-refractivity contribution in [3.8, 4) is 0 Å². The van der Waals surface area contributed by atoms with Gasteiger partial charge in [0.25, 0.3) is 5.56 Å². The standard InChI is InChI=1S/C25H30N4O2/c1-20-23(28-17-15-27(16-18-28)19-22-11-7-4-8-12-22)24(30)29(25(31)26(20)2)14-13-21-9-5-3-6-10-21/h3-12H,13-19H2,1-2H3. The first-order valence-electron chi connectivity index (χ1n) is 10.9. The first-order chi connectivity index (χ1) is 15.0. The molecule has 2 aromatic carbocycles. The van der Waals surface area contributed by atoms with Crippen LogP contribution in [0.1, 0.15) is 16.8 Å². The predicted molar refractivity (Wildman–Crippen MR) is 125 cm³/mol. The number of hydrogen-bond donors (Lipinski definition) is 0. The van der Waals surface area contributed by atoms with Crippen LogP contribution < -0.4 is 16.1 Å². The molecule has 0 amide bonds. The highest BCUT2D eigenvalue weighted by Gasteiger charge is 2.24. The van der Waals surface area contributed by atoms with Gasteiger partial charge in [-0.2, -0.15) is 0 Å². The average Bonchev–Trinajstić information content (AvgIpc) is 2.80. The molecule has 3 aromatic rings. The highest BCUT2D eigenvalue weighted by atomic mass is 16.2. The summed E-state index contributed by atoms with van der Waals surface area (Å²) < 4.78 is 3.00. The summed E-state index contributed by atoms with van der Waals surface area (Å²) in [6.07, 6.45) is 0.656. The van der Waals surface area contributed by atoms with Gasteiger partial charge in [0.05, 0.1) is 0 Å². The maximum Gasteiger partial charge on any atom is 0.331 e. The first kappa shape index (κ1) is 21.1. The Morgan fingerprint density at radius 1 is 0.806 bits per heavy atom. The summed E-state index contributed by atoms with van der Waals surface area (Å²) in [5.41, 5.74) is 3.40. The maximum atomic E-state index is 13.4. The monoisotopic (exact) mass is 418 g/mol. The van der Waals surface area contributed by atoms with Crippen LogP contribution in [0, 0.1) is 6.92 Å². The highest BCUT2D eigenvalue weighted by molar-refractivity contribution is 5.49. The lowest BCUT2D eigenvalue weighted by molar-refractivity contribution is 0.249. The molecule has 1 saturated heterocycles. The number of piperazine rings is 1. The molecular weight excluding hydrogens is 388 g/mol. The molecule has 1 aliphatic heterocycles. The largest absolute Gasteiger partial charge is 0.363 e. The Hall–Kier alpha value is -3.12. The quantitative estimate of drug-likeness (QED) is 0.617. The molecule has 1 fully saturated rings. The molecule has 0 aliphatic carbocycles. The lowest BCUT2D eigenvalue weighted by Gasteiger charge is -2.36. The van der Waals surface area contributed by atoms with Gasteiger partial charge < -0.3 is 4.90 Å². The first-order valence-corrected chi connectivity index (χ1v) is 10.9. The van der Waals surface area contributed by atoms with Crippen LogP contribution in [0.5, 0.6) is 0 Å². The molecule has 0 N–H and O–H groups in total. The summed E-state index contributed by atoms with van der Waals surface area (Å²) in [5, 5.41) is 0. The second kappa shape index (κ2) is 9.35. The zero-order chi connectivity index (χ0) is 21.8. The van der Waals surface area contributed by atoms with Gasteiger partial charge in [0.15, 0.2) is 0 Å². The number of aromatic nitrogens is 2. The summed E-state index contributed by atoms with van der Waals surface area (Å²) in [4.78, 5) is 30.7. The van der Waals surface area contributed by atoms with Crippen molar-refractivity contribution in [1.82, 2.24) is 14.0 Å². The van der Waals surface area contributed by atoms with E-state index in [2.05, 4.69) is 34.1 Å². The molecule has 0 atom stereocenters. The van der Waals surface area contributed by atoms with E-state index in [9.17, 15) is 9.59 Å². The van der Waals surface area contributed by atoms with Crippen LogP contribution in [0.4, 0.5) is 5.69 Å². The van der Waals surface area contributed by atoms with E-state index in [1.54, 1.807) is 11.6 Å². The Labute approximate surface area is 183 Å². The second-order valence-electron chi connectivity index (χ2n) is 8.22. The van der Waals surface area contributed by atoms with Crippen molar-refractivity contribution in [2.45, 2.75) is 26.4 Å². The molecule has 0 unspecified atom stereocenters. The smallest absolute Gasteiger partial charge is 0.331 e. The van der Waals surface area contributed by atoms with E-state index in [1.165, 1.54) is 10.1 Å². The van der Waals surface area contributed by atoms with E-state index in [0.29, 0.717) is 18.7 Å². The Morgan fingerprint density at radius 3 is 2.00 bits per heavy atom. The van der Waals surface area contributed by atoms with Crippen molar-refractivity contribution in [3.05, 3.63) is 98.3 Å². The fourth-order valence-electron chi connectivity index (χ4n) is 4.27. The number of benzene rings is 2. The molecular formula is C25H30N4O2. The molecule has 0 radical (unpaired) electrons. The minimum atomic E-state index is -0.245. The van der Waals surface area contributed by atoms with Crippen LogP contribution in [0.25, 0.3) is 0 Å². The molecule has 1 aromatic heterocycles. The molecule has 4 rings (SSSR count). The van der Waals surface area contributed by atoms with Gasteiger partial charge in [0.1, 0.15) is 5.69 Å². The highest BCUT2D eigenvalue weighted by Crippen LogP contribution is 2.17. The number of anilines is 1. The van der Waals surface area contributed by atoms with Gasteiger partial charge >= 0.3 is 5.69 Å². The maximum absolute atomic E-state index is 13.4. The van der Waals surface area contributed by atoms with E-state index in [4.69, 9.17) is 0 Å². The molecule has 2 heterocycles. The van der Waals surface area contributed by atoms with Crippen LogP contribution in [0.15, 0.2) is 70.3 Å². The molecule has 6 nitrogen and oxygen atoms in total. The summed E-state index contributed by atoms with van der Waals surface area (Å²) in [6, 6.07) is 20.4. The Kier molecular flexibility index (Phi) is 6.37. The minimum Gasteiger partial charge on any atom is -0.363 e. The van der Waals surface area contributed by atoms with Gasteiger partial charge in [-0.1, -0.05) is 60.7 Å². The number of hydrogen-bond acceptors (Lipinski definition) is 4. The fourth-order valence-corrected chi connectivity index (χ4v) is 4.27. The third-order valence-electron chi connectivity index (χ3n) is 6.22. The van der Waals surface area contributed by atoms with Crippen LogP contribution in [-0.4, -0.2) is 40.2 Å². The Balaban J connectivity index is 1.52. The SMILES string of the molecule is Cc1c(N2CCN(Cc3ccccc3)CC2)c(=O)n(CCc2ccccc2)c(=O)n1C. The van der Waals surface area contributed by atoms with Crippen molar-refractivity contribution in [2.75, 3.05) is 31.1 Å². The van der Waals surface area contributed by atoms with E-state index in [1.807, 2.05) is 43.3 Å². The van der Waals surface area contributed by atoms with Crippen LogP contribution in [0.3, 0.4) is 0 Å². The normalized spacial score (nSPS) is 14.7. The lowest BCUT2D eigenvalue weighted by Crippen LogP contribution is -2.50. The van der Waals surface area contributed by atoms with E-state index >= 15 is 0 Å². The minimum absolute atomic E-state index is 0.173. The van der Waals surface area contributed by atoms with Crippen molar-refractivity contribution < 1.29 is 0 Å². The van der Waals surface area contributed by atoms with Crippen LogP contribution >= 0.6 is 0 Å². The van der Waals surface area contributed by atoms with Gasteiger partial charge in [-0.05, 0) is 24.5 Å². The third-order valence-corrected chi connectivity index (χ3v) is 6.22. The molecule has 162 valence electrons. The summed E-state index contributed by atoms with van der Waals surface area (Å²) in [6.45, 7) is 6.51. The number of aryl methyl sites for hydroxylation is 1. The molecule has 6 heteroatoms. The van der Waals surface area contributed by atoms with Crippen molar-refractivity contribution in [2.24, 2.45) is 7.05 Å². The molecule has 1 aliphatic rings. The zero-order valence-corrected chi connectivity index (χ0v) is 18.3. The van der Waals surface area contributed by atoms with Crippen LogP contribution in [0.2, 0.25) is 0 Å². The Bertz CT molecular complexity index is 1130. The zero-order valence-electron chi connectivity index (χ0n) is 18.3. The van der Waals surface area contributed by atoms with Gasteiger partial charge in [-0.25, -0.2) is 4.79 Å². The lowest BCUT2D eigenvalue weighted by atomic mass is 10.1. The van der Waals surface area contributed by atoms with Gasteiger partial charge in [-0.15, -0.1) is 0 Å². The van der Waals surface area contributed by atoms with Gasteiger partial charge in [-0.3, -0.25) is 18.8 Å². The van der Waals surface area contributed by atoms with Crippen molar-refractivity contribution >= 4 is 5.69 Å². The van der Waals surface area contributed by atoms with E-state index in [-0.39, 0.29) is 11.2 Å². The summed E-state index contributed by atoms with van der Waals surface area (Å²) in [5.74, 6) is 0. The third kappa shape index (κ3) is 4.64. The van der Waals surface area contributed by atoms with Gasteiger partial charge in [0, 0.05) is 52.0 Å². The second-order valence-corrected chi connectivity index (χ2v) is 8.22. The number of rotatable bonds is 6. The fraction of sp³-hybridized carbons (Fsp3) is 0.360. The molecule has 0 saturated carbocycles. The van der Waals surface area contributed by atoms with E-state index in [0.717, 1.165) is 44.0 Å². The van der Waals surface area contributed by atoms with E-state index < -0.39 is 0 Å². The predicted octanol–water partition coefficient (Wildman–Crippen LogP) is 2.42. The number of nitrogens with zero attached hydrogens (tertiary/aromatic N) is 4. The van der Waals surface area contributed by atoms with Crippen molar-refractivity contribution in [3.63, 3.8) is 0 Å². The summed E-state index contributed by atoms with van der Waals surface area (Å²) in [7, 11) is 1.76. The van der Waals surface area contributed by atoms with Gasteiger partial charge in [0.2, 0.25) is 0 Å². The topological polar surface area (TPSA) is 50.5 Å².